The van der Waals surface area contributed by atoms with Crippen LogP contribution in [0.5, 0.6) is 0 Å². The van der Waals surface area contributed by atoms with E-state index in [2.05, 4.69) is 11.9 Å². The highest BCUT2D eigenvalue weighted by Gasteiger charge is 2.08. The molecule has 0 heterocycles. The molecule has 0 aromatic heterocycles. The molecule has 4 nitrogen and oxygen atoms in total. The van der Waals surface area contributed by atoms with Crippen molar-refractivity contribution in [3.05, 3.63) is 12.7 Å². The van der Waals surface area contributed by atoms with Gasteiger partial charge in [-0.15, -0.1) is 0 Å². The predicted octanol–water partition coefficient (Wildman–Crippen LogP) is 0.0709. The summed E-state index contributed by atoms with van der Waals surface area (Å²) >= 11 is 0. The molecule has 0 aromatic rings. The summed E-state index contributed by atoms with van der Waals surface area (Å²) in [5, 5.41) is 2.21. The molecule has 0 rings (SSSR count). The van der Waals surface area contributed by atoms with Crippen molar-refractivity contribution in [3.8, 4) is 0 Å². The van der Waals surface area contributed by atoms with E-state index in [-0.39, 0.29) is 11.6 Å². The molecule has 0 spiro atoms. The molecule has 0 aliphatic heterocycles. The van der Waals surface area contributed by atoms with Crippen molar-refractivity contribution in [2.24, 2.45) is 0 Å². The summed E-state index contributed by atoms with van der Waals surface area (Å²) in [6.45, 7) is 4.97. The zero-order valence-electron chi connectivity index (χ0n) is 7.04. The third-order valence-electron chi connectivity index (χ3n) is 1.17. The van der Waals surface area contributed by atoms with Gasteiger partial charge >= 0.3 is 0 Å². The van der Waals surface area contributed by atoms with Crippen LogP contribution in [0.3, 0.4) is 0 Å². The van der Waals surface area contributed by atoms with Crippen LogP contribution in [0.1, 0.15) is 13.3 Å². The van der Waals surface area contributed by atoms with Crippen LogP contribution in [0, 0.1) is 0 Å². The van der Waals surface area contributed by atoms with Crippen LogP contribution in [0.15, 0.2) is 12.7 Å². The quantitative estimate of drug-likeness (QED) is 0.625. The standard InChI is InChI=1S/C7H13NO3S/c1-3-5-12(10,11)6-8-7(9)4-2/h4H,2-3,5-6H2,1H3,(H,8,9). The Kier molecular flexibility index (Phi) is 4.58. The summed E-state index contributed by atoms with van der Waals surface area (Å²) in [5.74, 6) is -0.662. The van der Waals surface area contributed by atoms with Gasteiger partial charge in [-0.3, -0.25) is 4.79 Å². The molecule has 0 saturated heterocycles. The van der Waals surface area contributed by atoms with E-state index < -0.39 is 15.7 Å². The Morgan fingerprint density at radius 1 is 1.58 bits per heavy atom. The average Bonchev–Trinajstić information content (AvgIpc) is 2.00. The van der Waals surface area contributed by atoms with Crippen molar-refractivity contribution in [1.29, 1.82) is 0 Å². The molecule has 0 saturated carbocycles. The second-order valence-electron chi connectivity index (χ2n) is 2.34. The zero-order valence-corrected chi connectivity index (χ0v) is 7.86. The Morgan fingerprint density at radius 2 is 2.17 bits per heavy atom. The Hall–Kier alpha value is -0.840. The molecule has 0 radical (unpaired) electrons. The second kappa shape index (κ2) is 4.92. The fraction of sp³-hybridized carbons (Fsp3) is 0.571. The van der Waals surface area contributed by atoms with E-state index in [1.54, 1.807) is 6.92 Å². The first kappa shape index (κ1) is 11.2. The molecule has 1 amide bonds. The number of sulfone groups is 1. The number of nitrogens with one attached hydrogen (secondary N) is 1. The molecule has 70 valence electrons. The van der Waals surface area contributed by atoms with E-state index in [9.17, 15) is 13.2 Å². The highest BCUT2D eigenvalue weighted by molar-refractivity contribution is 7.91. The smallest absolute Gasteiger partial charge is 0.244 e. The first-order valence-electron chi connectivity index (χ1n) is 3.62. The largest absolute Gasteiger partial charge is 0.338 e. The lowest BCUT2D eigenvalue weighted by molar-refractivity contribution is -0.116. The van der Waals surface area contributed by atoms with Gasteiger partial charge in [0.25, 0.3) is 0 Å². The van der Waals surface area contributed by atoms with Crippen molar-refractivity contribution in [1.82, 2.24) is 5.32 Å². The lowest BCUT2D eigenvalue weighted by atomic mass is 10.6. The normalized spacial score (nSPS) is 10.8. The number of rotatable bonds is 5. The van der Waals surface area contributed by atoms with E-state index in [0.717, 1.165) is 6.08 Å². The minimum Gasteiger partial charge on any atom is -0.338 e. The summed E-state index contributed by atoms with van der Waals surface area (Å²) < 4.78 is 22.0. The van der Waals surface area contributed by atoms with Crippen LogP contribution < -0.4 is 5.32 Å². The van der Waals surface area contributed by atoms with Crippen LogP contribution >= 0.6 is 0 Å². The molecule has 0 aliphatic rings. The number of amides is 1. The van der Waals surface area contributed by atoms with E-state index in [1.165, 1.54) is 0 Å². The van der Waals surface area contributed by atoms with Gasteiger partial charge in [-0.2, -0.15) is 0 Å². The second-order valence-corrected chi connectivity index (χ2v) is 4.52. The van der Waals surface area contributed by atoms with Gasteiger partial charge in [-0.25, -0.2) is 8.42 Å². The maximum atomic E-state index is 11.0. The van der Waals surface area contributed by atoms with Crippen LogP contribution in [0.2, 0.25) is 0 Å². The summed E-state index contributed by atoms with van der Waals surface area (Å²) in [6, 6.07) is 0. The van der Waals surface area contributed by atoms with E-state index in [1.807, 2.05) is 0 Å². The maximum Gasteiger partial charge on any atom is 0.244 e. The van der Waals surface area contributed by atoms with Gasteiger partial charge in [0.05, 0.1) is 5.75 Å². The molecular formula is C7H13NO3S. The summed E-state index contributed by atoms with van der Waals surface area (Å²) in [4.78, 5) is 10.6. The number of carbonyl (C=O) groups excluding carboxylic acids is 1. The molecule has 12 heavy (non-hydrogen) atoms. The Labute approximate surface area is 72.6 Å². The maximum absolute atomic E-state index is 11.0. The van der Waals surface area contributed by atoms with Crippen LogP contribution in [0.25, 0.3) is 0 Å². The van der Waals surface area contributed by atoms with Crippen molar-refractivity contribution in [2.45, 2.75) is 13.3 Å². The van der Waals surface area contributed by atoms with Gasteiger partial charge < -0.3 is 5.32 Å². The minimum atomic E-state index is -3.12. The Bertz CT molecular complexity index is 256. The average molecular weight is 191 g/mol. The minimum absolute atomic E-state index is 0.102. The number of hydrogen-bond donors (Lipinski definition) is 1. The van der Waals surface area contributed by atoms with Gasteiger partial charge in [0.1, 0.15) is 5.88 Å². The van der Waals surface area contributed by atoms with Crippen molar-refractivity contribution < 1.29 is 13.2 Å². The summed E-state index contributed by atoms with van der Waals surface area (Å²) in [7, 11) is -3.12. The molecular weight excluding hydrogens is 178 g/mol. The molecule has 1 N–H and O–H groups in total. The molecule has 5 heteroatoms. The monoisotopic (exact) mass is 191 g/mol. The number of hydrogen-bond acceptors (Lipinski definition) is 3. The van der Waals surface area contributed by atoms with E-state index in [0.29, 0.717) is 6.42 Å². The highest BCUT2D eigenvalue weighted by atomic mass is 32.2. The molecule has 0 fully saturated rings. The Balaban J connectivity index is 3.92. The fourth-order valence-corrected chi connectivity index (χ4v) is 1.76. The molecule has 0 unspecified atom stereocenters. The topological polar surface area (TPSA) is 63.2 Å². The third-order valence-corrected chi connectivity index (χ3v) is 2.78. The van der Waals surface area contributed by atoms with E-state index >= 15 is 0 Å². The fourth-order valence-electron chi connectivity index (χ4n) is 0.636. The Morgan fingerprint density at radius 3 is 2.58 bits per heavy atom. The first-order chi connectivity index (χ1) is 5.52. The number of carbonyl (C=O) groups is 1. The zero-order chi connectivity index (χ0) is 9.61. The SMILES string of the molecule is C=CC(=O)NCS(=O)(=O)CCC. The predicted molar refractivity (Wildman–Crippen MR) is 47.3 cm³/mol. The van der Waals surface area contributed by atoms with Crippen molar-refractivity contribution in [3.63, 3.8) is 0 Å². The van der Waals surface area contributed by atoms with Gasteiger partial charge in [0, 0.05) is 0 Å². The molecule has 0 bridgehead atoms. The summed E-state index contributed by atoms with van der Waals surface area (Å²) in [6.07, 6.45) is 1.60. The van der Waals surface area contributed by atoms with Crippen molar-refractivity contribution in [2.75, 3.05) is 11.6 Å². The lowest BCUT2D eigenvalue weighted by Crippen LogP contribution is -2.29. The van der Waals surface area contributed by atoms with Crippen LogP contribution in [-0.4, -0.2) is 26.0 Å². The van der Waals surface area contributed by atoms with Gasteiger partial charge in [0.2, 0.25) is 5.91 Å². The third kappa shape index (κ3) is 4.90. The van der Waals surface area contributed by atoms with Gasteiger partial charge in [-0.05, 0) is 12.5 Å². The lowest BCUT2D eigenvalue weighted by Gasteiger charge is -2.02. The summed E-state index contributed by atoms with van der Waals surface area (Å²) in [5.41, 5.74) is 0. The van der Waals surface area contributed by atoms with Crippen LogP contribution in [-0.2, 0) is 14.6 Å². The van der Waals surface area contributed by atoms with Crippen molar-refractivity contribution >= 4 is 15.7 Å². The van der Waals surface area contributed by atoms with E-state index in [4.69, 9.17) is 0 Å². The molecule has 0 aliphatic carbocycles. The van der Waals surface area contributed by atoms with Crippen LogP contribution in [0.4, 0.5) is 0 Å². The molecule has 0 atom stereocenters. The first-order valence-corrected chi connectivity index (χ1v) is 5.44. The highest BCUT2D eigenvalue weighted by Crippen LogP contribution is 1.90. The van der Waals surface area contributed by atoms with Gasteiger partial charge in [-0.1, -0.05) is 13.5 Å². The van der Waals surface area contributed by atoms with Gasteiger partial charge in [0.15, 0.2) is 9.84 Å². The molecule has 0 aromatic carbocycles.